The number of aromatic nitrogens is 2. The van der Waals surface area contributed by atoms with Gasteiger partial charge in [-0.05, 0) is 31.8 Å². The van der Waals surface area contributed by atoms with Crippen LogP contribution in [0.5, 0.6) is 0 Å². The molecule has 1 N–H and O–H groups in total. The molecule has 0 bridgehead atoms. The van der Waals surface area contributed by atoms with Crippen LogP contribution in [0.1, 0.15) is 12.8 Å². The molecular weight excluding hydrogens is 308 g/mol. The van der Waals surface area contributed by atoms with Gasteiger partial charge in [0.1, 0.15) is 5.82 Å². The minimum Gasteiger partial charge on any atom is -0.324 e. The summed E-state index contributed by atoms with van der Waals surface area (Å²) >= 11 is 0. The molecule has 3 nitrogen and oxygen atoms in total. The summed E-state index contributed by atoms with van der Waals surface area (Å²) in [5, 5.41) is 3.36. The Balaban J connectivity index is 1.85. The first-order valence-corrected chi connectivity index (χ1v) is 8.34. The predicted octanol–water partition coefficient (Wildman–Crippen LogP) is 3.98. The number of benzene rings is 2. The largest absolute Gasteiger partial charge is 0.324 e. The Morgan fingerprint density at radius 1 is 1.04 bits per heavy atom. The highest BCUT2D eigenvalue weighted by Gasteiger charge is 2.20. The zero-order valence-corrected chi connectivity index (χ0v) is 13.3. The Morgan fingerprint density at radius 2 is 1.75 bits per heavy atom. The van der Waals surface area contributed by atoms with Gasteiger partial charge in [-0.25, -0.2) is 13.8 Å². The van der Waals surface area contributed by atoms with Gasteiger partial charge in [0.2, 0.25) is 0 Å². The van der Waals surface area contributed by atoms with Crippen molar-refractivity contribution in [3.63, 3.8) is 0 Å². The molecule has 0 aliphatic carbocycles. The second-order valence-corrected chi connectivity index (χ2v) is 6.36. The maximum Gasteiger partial charge on any atom is 0.161 e. The lowest BCUT2D eigenvalue weighted by Gasteiger charge is -2.24. The number of rotatable bonds is 3. The minimum absolute atomic E-state index is 0.502. The normalized spacial score (nSPS) is 15.9. The van der Waals surface area contributed by atoms with Gasteiger partial charge in [-0.15, -0.1) is 0 Å². The first-order chi connectivity index (χ1) is 11.7. The summed E-state index contributed by atoms with van der Waals surface area (Å²) in [6.45, 7) is 2.77. The van der Waals surface area contributed by atoms with Crippen LogP contribution in [0.3, 0.4) is 0 Å². The van der Waals surface area contributed by atoms with Gasteiger partial charge >= 0.3 is 0 Å². The van der Waals surface area contributed by atoms with Crippen LogP contribution in [0, 0.1) is 17.6 Å². The van der Waals surface area contributed by atoms with E-state index in [9.17, 15) is 8.78 Å². The fraction of sp³-hybridized carbons (Fsp3) is 0.316. The van der Waals surface area contributed by atoms with E-state index in [1.807, 2.05) is 34.9 Å². The number of fused-ring (bicyclic) bond motifs is 1. The van der Waals surface area contributed by atoms with E-state index in [0.29, 0.717) is 17.0 Å². The topological polar surface area (TPSA) is 29.9 Å². The van der Waals surface area contributed by atoms with Crippen LogP contribution in [0.15, 0.2) is 42.5 Å². The summed E-state index contributed by atoms with van der Waals surface area (Å²) in [7, 11) is 0. The number of hydrogen-bond donors (Lipinski definition) is 1. The molecule has 0 spiro atoms. The van der Waals surface area contributed by atoms with Crippen molar-refractivity contribution >= 4 is 11.0 Å². The Kier molecular flexibility index (Phi) is 4.02. The van der Waals surface area contributed by atoms with Crippen molar-refractivity contribution < 1.29 is 8.78 Å². The van der Waals surface area contributed by atoms with Crippen molar-refractivity contribution in [3.8, 4) is 11.4 Å². The maximum absolute atomic E-state index is 13.8. The second kappa shape index (κ2) is 6.32. The smallest absolute Gasteiger partial charge is 0.161 e. The highest BCUT2D eigenvalue weighted by atomic mass is 19.2. The molecular formula is C19H19F2N3. The van der Waals surface area contributed by atoms with Gasteiger partial charge in [-0.3, -0.25) is 0 Å². The Labute approximate surface area is 139 Å². The molecule has 0 amide bonds. The third-order valence-electron chi connectivity index (χ3n) is 4.72. The number of nitrogens with zero attached hydrogens (tertiary/aromatic N) is 2. The van der Waals surface area contributed by atoms with E-state index in [4.69, 9.17) is 0 Å². The Hall–Kier alpha value is -2.27. The number of hydrogen-bond acceptors (Lipinski definition) is 2. The number of piperidine rings is 1. The number of imidazole rings is 1. The quantitative estimate of drug-likeness (QED) is 0.788. The van der Waals surface area contributed by atoms with E-state index < -0.39 is 11.6 Å². The zero-order valence-electron chi connectivity index (χ0n) is 13.3. The van der Waals surface area contributed by atoms with Crippen LogP contribution in [-0.4, -0.2) is 22.6 Å². The van der Waals surface area contributed by atoms with Gasteiger partial charge in [-0.1, -0.05) is 30.3 Å². The van der Waals surface area contributed by atoms with E-state index in [-0.39, 0.29) is 0 Å². The van der Waals surface area contributed by atoms with E-state index in [0.717, 1.165) is 43.9 Å². The second-order valence-electron chi connectivity index (χ2n) is 6.36. The van der Waals surface area contributed by atoms with Gasteiger partial charge in [-0.2, -0.15) is 0 Å². The molecule has 5 heteroatoms. The van der Waals surface area contributed by atoms with E-state index >= 15 is 0 Å². The van der Waals surface area contributed by atoms with E-state index in [2.05, 4.69) is 10.3 Å². The Bertz CT molecular complexity index is 852. The van der Waals surface area contributed by atoms with Crippen LogP contribution < -0.4 is 5.32 Å². The van der Waals surface area contributed by atoms with Gasteiger partial charge in [0.05, 0.1) is 11.0 Å². The summed E-state index contributed by atoms with van der Waals surface area (Å²) < 4.78 is 29.5. The fourth-order valence-electron chi connectivity index (χ4n) is 3.44. The predicted molar refractivity (Wildman–Crippen MR) is 90.7 cm³/mol. The molecule has 1 fully saturated rings. The average molecular weight is 327 g/mol. The van der Waals surface area contributed by atoms with Crippen LogP contribution in [0.4, 0.5) is 8.78 Å². The monoisotopic (exact) mass is 327 g/mol. The van der Waals surface area contributed by atoms with E-state index in [1.165, 1.54) is 12.1 Å². The molecule has 124 valence electrons. The first kappa shape index (κ1) is 15.3. The summed E-state index contributed by atoms with van der Waals surface area (Å²) in [4.78, 5) is 4.59. The Morgan fingerprint density at radius 3 is 2.50 bits per heavy atom. The molecule has 1 saturated heterocycles. The molecule has 0 unspecified atom stereocenters. The third-order valence-corrected chi connectivity index (χ3v) is 4.72. The van der Waals surface area contributed by atoms with Gasteiger partial charge in [0, 0.05) is 24.2 Å². The lowest BCUT2D eigenvalue weighted by molar-refractivity contribution is 0.337. The molecule has 0 atom stereocenters. The molecule has 1 aliphatic rings. The zero-order chi connectivity index (χ0) is 16.5. The van der Waals surface area contributed by atoms with Crippen molar-refractivity contribution in [2.75, 3.05) is 13.1 Å². The lowest BCUT2D eigenvalue weighted by Crippen LogP contribution is -2.30. The highest BCUT2D eigenvalue weighted by molar-refractivity contribution is 5.80. The van der Waals surface area contributed by atoms with Crippen molar-refractivity contribution in [1.82, 2.24) is 14.9 Å². The van der Waals surface area contributed by atoms with Crippen molar-refractivity contribution in [2.24, 2.45) is 5.92 Å². The summed E-state index contributed by atoms with van der Waals surface area (Å²) in [6, 6.07) is 12.3. The van der Waals surface area contributed by atoms with Crippen molar-refractivity contribution in [2.45, 2.75) is 19.4 Å². The van der Waals surface area contributed by atoms with Gasteiger partial charge in [0.25, 0.3) is 0 Å². The van der Waals surface area contributed by atoms with Crippen molar-refractivity contribution in [3.05, 3.63) is 54.1 Å². The first-order valence-electron chi connectivity index (χ1n) is 8.34. The SMILES string of the molecule is Fc1cc2nc(-c3ccccc3)n(CC3CCNCC3)c2cc1F. The fourth-order valence-corrected chi connectivity index (χ4v) is 3.44. The molecule has 1 aromatic heterocycles. The molecule has 3 aromatic rings. The average Bonchev–Trinajstić information content (AvgIpc) is 2.95. The summed E-state index contributed by atoms with van der Waals surface area (Å²) in [6.07, 6.45) is 2.16. The van der Waals surface area contributed by atoms with Crippen LogP contribution in [0.2, 0.25) is 0 Å². The molecule has 0 radical (unpaired) electrons. The summed E-state index contributed by atoms with van der Waals surface area (Å²) in [5.74, 6) is -0.393. The van der Waals surface area contributed by atoms with Gasteiger partial charge in [0.15, 0.2) is 11.6 Å². The molecule has 1 aliphatic heterocycles. The van der Waals surface area contributed by atoms with Gasteiger partial charge < -0.3 is 9.88 Å². The van der Waals surface area contributed by atoms with Crippen LogP contribution in [0.25, 0.3) is 22.4 Å². The molecule has 24 heavy (non-hydrogen) atoms. The highest BCUT2D eigenvalue weighted by Crippen LogP contribution is 2.28. The molecule has 0 saturated carbocycles. The number of halogens is 2. The standard InChI is InChI=1S/C19H19F2N3/c20-15-10-17-18(11-16(15)21)24(12-13-6-8-22-9-7-13)19(23-17)14-4-2-1-3-5-14/h1-5,10-11,13,22H,6-9,12H2. The van der Waals surface area contributed by atoms with Crippen LogP contribution in [-0.2, 0) is 6.54 Å². The molecule has 2 aromatic carbocycles. The number of nitrogens with one attached hydrogen (secondary N) is 1. The lowest BCUT2D eigenvalue weighted by atomic mass is 9.98. The summed E-state index contributed by atoms with van der Waals surface area (Å²) in [5.41, 5.74) is 2.12. The van der Waals surface area contributed by atoms with Crippen molar-refractivity contribution in [1.29, 1.82) is 0 Å². The van der Waals surface area contributed by atoms with E-state index in [1.54, 1.807) is 0 Å². The third kappa shape index (κ3) is 2.80. The molecule has 2 heterocycles. The molecule has 4 rings (SSSR count). The van der Waals surface area contributed by atoms with Crippen LogP contribution >= 0.6 is 0 Å². The maximum atomic E-state index is 13.8. The minimum atomic E-state index is -0.853.